The highest BCUT2D eigenvalue weighted by Gasteiger charge is 2.07. The fourth-order valence-corrected chi connectivity index (χ4v) is 2.98. The largest absolute Gasteiger partial charge is 0.439 e. The third kappa shape index (κ3) is 4.10. The van der Waals surface area contributed by atoms with E-state index in [4.69, 9.17) is 15.2 Å². The Bertz CT molecular complexity index is 1100. The van der Waals surface area contributed by atoms with Crippen molar-refractivity contribution in [1.29, 1.82) is 0 Å². The SMILES string of the molecule is Cc1cc(Oc2ccccn2)ccc1Oc1ccc2cc(CCN)ccc2n1. The minimum Gasteiger partial charge on any atom is -0.439 e. The van der Waals surface area contributed by atoms with Gasteiger partial charge in [-0.3, -0.25) is 0 Å². The molecule has 0 bridgehead atoms. The molecule has 0 aliphatic carbocycles. The number of nitrogens with two attached hydrogens (primary N) is 1. The zero-order valence-electron chi connectivity index (χ0n) is 15.6. The van der Waals surface area contributed by atoms with E-state index >= 15 is 0 Å². The van der Waals surface area contributed by atoms with Crippen molar-refractivity contribution in [3.05, 3.63) is 84.1 Å². The van der Waals surface area contributed by atoms with E-state index in [1.54, 1.807) is 6.20 Å². The lowest BCUT2D eigenvalue weighted by molar-refractivity contribution is 0.448. The van der Waals surface area contributed by atoms with Gasteiger partial charge in [0.05, 0.1) is 5.52 Å². The van der Waals surface area contributed by atoms with Crippen LogP contribution in [0.4, 0.5) is 0 Å². The molecule has 5 heteroatoms. The summed E-state index contributed by atoms with van der Waals surface area (Å²) in [5.41, 5.74) is 8.69. The highest BCUT2D eigenvalue weighted by molar-refractivity contribution is 5.79. The van der Waals surface area contributed by atoms with Crippen molar-refractivity contribution in [3.63, 3.8) is 0 Å². The van der Waals surface area contributed by atoms with Gasteiger partial charge in [0.1, 0.15) is 11.5 Å². The maximum atomic E-state index is 6.00. The number of benzene rings is 2. The first-order valence-electron chi connectivity index (χ1n) is 9.18. The van der Waals surface area contributed by atoms with Crippen LogP contribution in [0, 0.1) is 6.92 Å². The summed E-state index contributed by atoms with van der Waals surface area (Å²) >= 11 is 0. The Morgan fingerprint density at radius 2 is 1.82 bits per heavy atom. The number of nitrogens with zero attached hydrogens (tertiary/aromatic N) is 2. The lowest BCUT2D eigenvalue weighted by atomic mass is 10.1. The predicted molar refractivity (Wildman–Crippen MR) is 110 cm³/mol. The lowest BCUT2D eigenvalue weighted by Crippen LogP contribution is -2.02. The maximum Gasteiger partial charge on any atom is 0.219 e. The average molecular weight is 371 g/mol. The van der Waals surface area contributed by atoms with E-state index in [0.717, 1.165) is 28.6 Å². The standard InChI is InChI=1S/C23H21N3O2/c1-16-14-19(27-22-4-2-3-13-25-22)7-9-21(16)28-23-10-6-18-15-17(11-12-24)5-8-20(18)26-23/h2-10,13-15H,11-12,24H2,1H3. The second-order valence-corrected chi connectivity index (χ2v) is 6.51. The van der Waals surface area contributed by atoms with Gasteiger partial charge in [-0.25, -0.2) is 9.97 Å². The van der Waals surface area contributed by atoms with E-state index in [1.165, 1.54) is 5.56 Å². The highest BCUT2D eigenvalue weighted by Crippen LogP contribution is 2.30. The molecule has 0 aliphatic heterocycles. The Labute approximate surface area is 163 Å². The van der Waals surface area contributed by atoms with Gasteiger partial charge >= 0.3 is 0 Å². The topological polar surface area (TPSA) is 70.3 Å². The molecule has 0 radical (unpaired) electrons. The van der Waals surface area contributed by atoms with E-state index in [0.29, 0.717) is 24.1 Å². The highest BCUT2D eigenvalue weighted by atomic mass is 16.5. The van der Waals surface area contributed by atoms with Crippen molar-refractivity contribution in [1.82, 2.24) is 9.97 Å². The van der Waals surface area contributed by atoms with E-state index in [2.05, 4.69) is 22.1 Å². The average Bonchev–Trinajstić information content (AvgIpc) is 2.71. The molecule has 0 amide bonds. The van der Waals surface area contributed by atoms with Crippen LogP contribution in [-0.2, 0) is 6.42 Å². The second kappa shape index (κ2) is 8.06. The molecule has 0 spiro atoms. The van der Waals surface area contributed by atoms with Gasteiger partial charge in [0.15, 0.2) is 0 Å². The summed E-state index contributed by atoms with van der Waals surface area (Å²) in [4.78, 5) is 8.78. The van der Waals surface area contributed by atoms with E-state index < -0.39 is 0 Å². The van der Waals surface area contributed by atoms with Gasteiger partial charge in [0.2, 0.25) is 11.8 Å². The summed E-state index contributed by atoms with van der Waals surface area (Å²) < 4.78 is 11.8. The van der Waals surface area contributed by atoms with Crippen LogP contribution in [0.3, 0.4) is 0 Å². The number of aryl methyl sites for hydroxylation is 1. The van der Waals surface area contributed by atoms with E-state index in [9.17, 15) is 0 Å². The van der Waals surface area contributed by atoms with Gasteiger partial charge < -0.3 is 15.2 Å². The summed E-state index contributed by atoms with van der Waals surface area (Å²) in [5.74, 6) is 2.56. The minimum atomic E-state index is 0.556. The minimum absolute atomic E-state index is 0.556. The summed E-state index contributed by atoms with van der Waals surface area (Å²) in [6, 6.07) is 21.3. The monoisotopic (exact) mass is 371 g/mol. The fourth-order valence-electron chi connectivity index (χ4n) is 2.98. The third-order valence-electron chi connectivity index (χ3n) is 4.38. The zero-order valence-corrected chi connectivity index (χ0v) is 15.6. The summed E-state index contributed by atoms with van der Waals surface area (Å²) in [7, 11) is 0. The molecule has 0 fully saturated rings. The Kier molecular flexibility index (Phi) is 5.17. The lowest BCUT2D eigenvalue weighted by Gasteiger charge is -2.11. The first kappa shape index (κ1) is 17.9. The quantitative estimate of drug-likeness (QED) is 0.515. The van der Waals surface area contributed by atoms with Crippen LogP contribution in [0.2, 0.25) is 0 Å². The Hall–Kier alpha value is -3.44. The Morgan fingerprint density at radius 3 is 2.61 bits per heavy atom. The maximum absolute atomic E-state index is 6.00. The second-order valence-electron chi connectivity index (χ2n) is 6.51. The molecule has 0 saturated carbocycles. The number of hydrogen-bond acceptors (Lipinski definition) is 5. The predicted octanol–water partition coefficient (Wildman–Crippen LogP) is 5.02. The van der Waals surface area contributed by atoms with E-state index in [-0.39, 0.29) is 0 Å². The van der Waals surface area contributed by atoms with Crippen LogP contribution in [-0.4, -0.2) is 16.5 Å². The van der Waals surface area contributed by atoms with Crippen LogP contribution >= 0.6 is 0 Å². The van der Waals surface area contributed by atoms with Crippen LogP contribution in [0.5, 0.6) is 23.3 Å². The van der Waals surface area contributed by atoms with Crippen molar-refractivity contribution in [2.75, 3.05) is 6.54 Å². The van der Waals surface area contributed by atoms with Gasteiger partial charge in [-0.15, -0.1) is 0 Å². The van der Waals surface area contributed by atoms with Gasteiger partial charge in [-0.1, -0.05) is 12.1 Å². The van der Waals surface area contributed by atoms with Crippen LogP contribution in [0.1, 0.15) is 11.1 Å². The normalized spacial score (nSPS) is 10.8. The first-order valence-corrected chi connectivity index (χ1v) is 9.18. The fraction of sp³-hybridized carbons (Fsp3) is 0.130. The molecule has 28 heavy (non-hydrogen) atoms. The van der Waals surface area contributed by atoms with Crippen LogP contribution in [0.15, 0.2) is 72.9 Å². The molecule has 4 aromatic rings. The molecule has 2 heterocycles. The van der Waals surface area contributed by atoms with Gasteiger partial charge in [0.25, 0.3) is 0 Å². The molecule has 0 saturated heterocycles. The molecule has 5 nitrogen and oxygen atoms in total. The summed E-state index contributed by atoms with van der Waals surface area (Å²) in [6.07, 6.45) is 2.56. The number of fused-ring (bicyclic) bond motifs is 1. The molecule has 4 rings (SSSR count). The number of pyridine rings is 2. The molecule has 2 aromatic heterocycles. The first-order chi connectivity index (χ1) is 13.7. The zero-order chi connectivity index (χ0) is 19.3. The Morgan fingerprint density at radius 1 is 0.893 bits per heavy atom. The van der Waals surface area contributed by atoms with Crippen LogP contribution < -0.4 is 15.2 Å². The number of ether oxygens (including phenoxy) is 2. The Balaban J connectivity index is 1.52. The molecular weight excluding hydrogens is 350 g/mol. The summed E-state index contributed by atoms with van der Waals surface area (Å²) in [6.45, 7) is 2.61. The molecule has 2 aromatic carbocycles. The smallest absolute Gasteiger partial charge is 0.219 e. The molecule has 140 valence electrons. The van der Waals surface area contributed by atoms with Gasteiger partial charge in [-0.2, -0.15) is 0 Å². The summed E-state index contributed by atoms with van der Waals surface area (Å²) in [5, 5.41) is 1.08. The molecule has 0 unspecified atom stereocenters. The number of hydrogen-bond donors (Lipinski definition) is 1. The van der Waals surface area contributed by atoms with Crippen molar-refractivity contribution < 1.29 is 9.47 Å². The number of aromatic nitrogens is 2. The third-order valence-corrected chi connectivity index (χ3v) is 4.38. The van der Waals surface area contributed by atoms with Crippen molar-refractivity contribution in [2.45, 2.75) is 13.3 Å². The molecule has 0 aliphatic rings. The van der Waals surface area contributed by atoms with Gasteiger partial charge in [0, 0.05) is 23.7 Å². The van der Waals surface area contributed by atoms with E-state index in [1.807, 2.05) is 61.5 Å². The molecule has 2 N–H and O–H groups in total. The molecule has 0 atom stereocenters. The van der Waals surface area contributed by atoms with Crippen LogP contribution in [0.25, 0.3) is 10.9 Å². The molecular formula is C23H21N3O2. The van der Waals surface area contributed by atoms with Crippen molar-refractivity contribution in [2.24, 2.45) is 5.73 Å². The van der Waals surface area contributed by atoms with Crippen molar-refractivity contribution in [3.8, 4) is 23.3 Å². The van der Waals surface area contributed by atoms with Gasteiger partial charge in [-0.05, 0) is 73.5 Å². The number of rotatable bonds is 6. The van der Waals surface area contributed by atoms with Crippen molar-refractivity contribution >= 4 is 10.9 Å².